The number of para-hydroxylation sites is 1. The van der Waals surface area contributed by atoms with Gasteiger partial charge in [0.25, 0.3) is 0 Å². The van der Waals surface area contributed by atoms with Gasteiger partial charge in [0, 0.05) is 11.4 Å². The number of nitrogens with one attached hydrogen (secondary N) is 1. The fourth-order valence-corrected chi connectivity index (χ4v) is 3.47. The molecule has 0 bridgehead atoms. The molecule has 1 aromatic heterocycles. The van der Waals surface area contributed by atoms with Crippen molar-refractivity contribution in [2.24, 2.45) is 11.8 Å². The summed E-state index contributed by atoms with van der Waals surface area (Å²) in [6, 6.07) is 11.0. The van der Waals surface area contributed by atoms with Crippen LogP contribution in [0.4, 0.5) is 0 Å². The molecule has 3 rings (SSSR count). The summed E-state index contributed by atoms with van der Waals surface area (Å²) in [5, 5.41) is 4.88. The van der Waals surface area contributed by atoms with Gasteiger partial charge in [-0.1, -0.05) is 38.5 Å². The van der Waals surface area contributed by atoms with Crippen molar-refractivity contribution in [1.82, 2.24) is 5.32 Å². The van der Waals surface area contributed by atoms with Crippen molar-refractivity contribution in [3.63, 3.8) is 0 Å². The first kappa shape index (κ1) is 12.7. The van der Waals surface area contributed by atoms with E-state index in [1.54, 1.807) is 0 Å². The topological polar surface area (TPSA) is 25.2 Å². The van der Waals surface area contributed by atoms with Gasteiger partial charge < -0.3 is 9.73 Å². The molecule has 2 aromatic rings. The highest BCUT2D eigenvalue weighted by Gasteiger charge is 2.31. The number of benzene rings is 1. The summed E-state index contributed by atoms with van der Waals surface area (Å²) in [5.74, 6) is 2.73. The Hall–Kier alpha value is -1.28. The molecule has 1 aromatic carbocycles. The standard InChI is InChI=1S/C17H23NO/c1-3-13-8-9-16(12(13)2)18-11-15-10-14-6-4-5-7-17(14)19-15/h4-7,10,12-13,16,18H,3,8-9,11H2,1-2H3. The van der Waals surface area contributed by atoms with E-state index in [1.807, 2.05) is 12.1 Å². The van der Waals surface area contributed by atoms with Gasteiger partial charge in [-0.15, -0.1) is 0 Å². The summed E-state index contributed by atoms with van der Waals surface area (Å²) in [7, 11) is 0. The highest BCUT2D eigenvalue weighted by atomic mass is 16.3. The van der Waals surface area contributed by atoms with Crippen LogP contribution in [0.15, 0.2) is 34.7 Å². The Labute approximate surface area is 115 Å². The molecule has 0 spiro atoms. The third-order valence-corrected chi connectivity index (χ3v) is 4.77. The molecule has 1 aliphatic rings. The lowest BCUT2D eigenvalue weighted by molar-refractivity contribution is 0.337. The quantitative estimate of drug-likeness (QED) is 0.881. The van der Waals surface area contributed by atoms with Crippen LogP contribution < -0.4 is 5.32 Å². The van der Waals surface area contributed by atoms with Crippen LogP contribution in [0.1, 0.15) is 38.9 Å². The van der Waals surface area contributed by atoms with E-state index in [0.717, 1.165) is 29.7 Å². The van der Waals surface area contributed by atoms with Crippen molar-refractivity contribution in [3.8, 4) is 0 Å². The molecule has 2 heteroatoms. The monoisotopic (exact) mass is 257 g/mol. The van der Waals surface area contributed by atoms with E-state index < -0.39 is 0 Å². The van der Waals surface area contributed by atoms with Gasteiger partial charge in [0.1, 0.15) is 11.3 Å². The van der Waals surface area contributed by atoms with E-state index in [2.05, 4.69) is 37.4 Å². The Balaban J connectivity index is 1.63. The molecule has 1 N–H and O–H groups in total. The minimum Gasteiger partial charge on any atom is -0.460 e. The predicted molar refractivity (Wildman–Crippen MR) is 79.0 cm³/mol. The fourth-order valence-electron chi connectivity index (χ4n) is 3.47. The number of rotatable bonds is 4. The Morgan fingerprint density at radius 3 is 2.84 bits per heavy atom. The maximum Gasteiger partial charge on any atom is 0.134 e. The largest absolute Gasteiger partial charge is 0.460 e. The van der Waals surface area contributed by atoms with Crippen molar-refractivity contribution >= 4 is 11.0 Å². The first-order valence-corrected chi connectivity index (χ1v) is 7.48. The van der Waals surface area contributed by atoms with Crippen LogP contribution in [0.2, 0.25) is 0 Å². The molecule has 0 saturated heterocycles. The summed E-state index contributed by atoms with van der Waals surface area (Å²) < 4.78 is 5.85. The minimum atomic E-state index is 0.651. The van der Waals surface area contributed by atoms with Crippen LogP contribution in [-0.4, -0.2) is 6.04 Å². The maximum atomic E-state index is 5.85. The second-order valence-electron chi connectivity index (χ2n) is 5.84. The fraction of sp³-hybridized carbons (Fsp3) is 0.529. The second kappa shape index (κ2) is 5.38. The summed E-state index contributed by atoms with van der Waals surface area (Å²) in [6.07, 6.45) is 3.99. The Bertz CT molecular complexity index is 512. The SMILES string of the molecule is CCC1CCC(NCc2cc3ccccc3o2)C1C. The molecule has 102 valence electrons. The molecular weight excluding hydrogens is 234 g/mol. The van der Waals surface area contributed by atoms with Crippen molar-refractivity contribution in [1.29, 1.82) is 0 Å². The van der Waals surface area contributed by atoms with E-state index in [4.69, 9.17) is 4.42 Å². The summed E-state index contributed by atoms with van der Waals surface area (Å²) in [5.41, 5.74) is 0.991. The first-order chi connectivity index (χ1) is 9.28. The lowest BCUT2D eigenvalue weighted by atomic mass is 9.93. The predicted octanol–water partition coefficient (Wildman–Crippen LogP) is 4.35. The second-order valence-corrected chi connectivity index (χ2v) is 5.84. The van der Waals surface area contributed by atoms with Crippen molar-refractivity contribution in [2.45, 2.75) is 45.7 Å². The van der Waals surface area contributed by atoms with Gasteiger partial charge in [0.05, 0.1) is 6.54 Å². The van der Waals surface area contributed by atoms with Gasteiger partial charge in [-0.2, -0.15) is 0 Å². The van der Waals surface area contributed by atoms with E-state index >= 15 is 0 Å². The van der Waals surface area contributed by atoms with Crippen LogP contribution in [0, 0.1) is 11.8 Å². The van der Waals surface area contributed by atoms with Crippen LogP contribution in [0.5, 0.6) is 0 Å². The van der Waals surface area contributed by atoms with E-state index in [0.29, 0.717) is 6.04 Å². The molecule has 0 amide bonds. The van der Waals surface area contributed by atoms with Crippen molar-refractivity contribution < 1.29 is 4.42 Å². The van der Waals surface area contributed by atoms with Gasteiger partial charge in [0.15, 0.2) is 0 Å². The summed E-state index contributed by atoms with van der Waals surface area (Å²) >= 11 is 0. The average Bonchev–Trinajstić information content (AvgIpc) is 2.99. The molecule has 1 aliphatic carbocycles. The summed E-state index contributed by atoms with van der Waals surface area (Å²) in [4.78, 5) is 0. The number of hydrogen-bond donors (Lipinski definition) is 1. The maximum absolute atomic E-state index is 5.85. The third kappa shape index (κ3) is 2.55. The van der Waals surface area contributed by atoms with Crippen LogP contribution in [-0.2, 0) is 6.54 Å². The highest BCUT2D eigenvalue weighted by Crippen LogP contribution is 2.34. The van der Waals surface area contributed by atoms with Crippen molar-refractivity contribution in [2.75, 3.05) is 0 Å². The molecule has 1 fully saturated rings. The third-order valence-electron chi connectivity index (χ3n) is 4.77. The zero-order chi connectivity index (χ0) is 13.2. The minimum absolute atomic E-state index is 0.651. The van der Waals surface area contributed by atoms with E-state index in [9.17, 15) is 0 Å². The molecule has 0 radical (unpaired) electrons. The Kier molecular flexibility index (Phi) is 3.61. The molecule has 3 atom stereocenters. The normalized spacial score (nSPS) is 27.2. The summed E-state index contributed by atoms with van der Waals surface area (Å²) in [6.45, 7) is 5.54. The Morgan fingerprint density at radius 2 is 2.11 bits per heavy atom. The molecule has 2 nitrogen and oxygen atoms in total. The average molecular weight is 257 g/mol. The van der Waals surface area contributed by atoms with Gasteiger partial charge in [-0.05, 0) is 36.8 Å². The highest BCUT2D eigenvalue weighted by molar-refractivity contribution is 5.77. The molecule has 3 unspecified atom stereocenters. The zero-order valence-corrected chi connectivity index (χ0v) is 11.9. The zero-order valence-electron chi connectivity index (χ0n) is 11.9. The molecule has 1 heterocycles. The molecular formula is C17H23NO. The van der Waals surface area contributed by atoms with Gasteiger partial charge in [-0.25, -0.2) is 0 Å². The smallest absolute Gasteiger partial charge is 0.134 e. The Morgan fingerprint density at radius 1 is 1.26 bits per heavy atom. The molecule has 0 aliphatic heterocycles. The van der Waals surface area contributed by atoms with Crippen LogP contribution >= 0.6 is 0 Å². The van der Waals surface area contributed by atoms with Gasteiger partial charge >= 0.3 is 0 Å². The van der Waals surface area contributed by atoms with Crippen LogP contribution in [0.3, 0.4) is 0 Å². The van der Waals surface area contributed by atoms with Gasteiger partial charge in [0.2, 0.25) is 0 Å². The number of furan rings is 1. The lowest BCUT2D eigenvalue weighted by Crippen LogP contribution is -2.32. The van der Waals surface area contributed by atoms with Crippen LogP contribution in [0.25, 0.3) is 11.0 Å². The van der Waals surface area contributed by atoms with E-state index in [-0.39, 0.29) is 0 Å². The van der Waals surface area contributed by atoms with Crippen molar-refractivity contribution in [3.05, 3.63) is 36.1 Å². The molecule has 1 saturated carbocycles. The first-order valence-electron chi connectivity index (χ1n) is 7.48. The van der Waals surface area contributed by atoms with Gasteiger partial charge in [-0.3, -0.25) is 0 Å². The number of hydrogen-bond acceptors (Lipinski definition) is 2. The molecule has 19 heavy (non-hydrogen) atoms. The lowest BCUT2D eigenvalue weighted by Gasteiger charge is -2.20. The van der Waals surface area contributed by atoms with E-state index in [1.165, 1.54) is 24.6 Å². The number of fused-ring (bicyclic) bond motifs is 1.